The molecule has 1 heterocycles. The molecule has 0 saturated carbocycles. The molecule has 7 nitrogen and oxygen atoms in total. The summed E-state index contributed by atoms with van der Waals surface area (Å²) in [5.74, 6) is -1.34. The Hall–Kier alpha value is -4.01. The molecule has 39 heavy (non-hydrogen) atoms. The van der Waals surface area contributed by atoms with Gasteiger partial charge in [-0.1, -0.05) is 72.3 Å². The van der Waals surface area contributed by atoms with Gasteiger partial charge in [0.1, 0.15) is 5.82 Å². The van der Waals surface area contributed by atoms with Crippen molar-refractivity contribution >= 4 is 17.6 Å². The van der Waals surface area contributed by atoms with E-state index in [1.165, 1.54) is 16.8 Å². The summed E-state index contributed by atoms with van der Waals surface area (Å²) >= 11 is 6.44. The standard InChI is InChI=1S/C30H29ClFN3O4/c1-20-9-7-14-26(32)23(20)17-34-18-24(22-12-5-6-13-25(22)31)29(38)35(30(34)39)19-27(21-10-3-2-4-11-21)33-16-8-15-28(36)37/h2-7,9-14,18,27,33H,8,15-17,19H2,1H3,(H,36,37). The number of carboxylic acids is 1. The highest BCUT2D eigenvalue weighted by atomic mass is 35.5. The molecule has 0 bridgehead atoms. The van der Waals surface area contributed by atoms with Crippen molar-refractivity contribution in [2.24, 2.45) is 0 Å². The fraction of sp³-hybridized carbons (Fsp3) is 0.233. The zero-order chi connectivity index (χ0) is 27.9. The number of hydrogen-bond donors (Lipinski definition) is 2. The summed E-state index contributed by atoms with van der Waals surface area (Å²) in [6.07, 6.45) is 1.81. The van der Waals surface area contributed by atoms with Crippen molar-refractivity contribution in [1.82, 2.24) is 14.5 Å². The Balaban J connectivity index is 1.82. The van der Waals surface area contributed by atoms with Gasteiger partial charge in [-0.25, -0.2) is 9.18 Å². The van der Waals surface area contributed by atoms with Gasteiger partial charge < -0.3 is 10.4 Å². The molecule has 4 aromatic rings. The van der Waals surface area contributed by atoms with E-state index in [-0.39, 0.29) is 25.1 Å². The van der Waals surface area contributed by atoms with Crippen LogP contribution in [-0.2, 0) is 17.9 Å². The number of carbonyl (C=O) groups is 1. The van der Waals surface area contributed by atoms with E-state index in [9.17, 15) is 18.8 Å². The van der Waals surface area contributed by atoms with Gasteiger partial charge in [0, 0.05) is 28.8 Å². The minimum absolute atomic E-state index is 0.00868. The molecule has 1 unspecified atom stereocenters. The lowest BCUT2D eigenvalue weighted by Crippen LogP contribution is -2.43. The van der Waals surface area contributed by atoms with E-state index in [0.29, 0.717) is 34.7 Å². The van der Waals surface area contributed by atoms with Crippen LogP contribution in [0.15, 0.2) is 88.6 Å². The molecule has 1 aromatic heterocycles. The average molecular weight is 550 g/mol. The Kier molecular flexibility index (Phi) is 9.11. The van der Waals surface area contributed by atoms with Gasteiger partial charge in [0.2, 0.25) is 0 Å². The molecule has 0 aliphatic rings. The van der Waals surface area contributed by atoms with Crippen LogP contribution in [0, 0.1) is 12.7 Å². The van der Waals surface area contributed by atoms with Gasteiger partial charge in [-0.3, -0.25) is 18.7 Å². The Labute approximate surface area is 230 Å². The fourth-order valence-electron chi connectivity index (χ4n) is 4.50. The molecule has 0 fully saturated rings. The molecular formula is C30H29ClFN3O4. The molecule has 0 aliphatic carbocycles. The molecule has 0 radical (unpaired) electrons. The maximum Gasteiger partial charge on any atom is 0.331 e. The number of nitrogens with one attached hydrogen (secondary N) is 1. The van der Waals surface area contributed by atoms with E-state index in [4.69, 9.17) is 16.7 Å². The molecule has 2 N–H and O–H groups in total. The van der Waals surface area contributed by atoms with Crippen LogP contribution in [0.5, 0.6) is 0 Å². The van der Waals surface area contributed by atoms with Crippen molar-refractivity contribution < 1.29 is 14.3 Å². The number of aryl methyl sites for hydroxylation is 1. The zero-order valence-corrected chi connectivity index (χ0v) is 22.2. The number of aliphatic carboxylic acids is 1. The van der Waals surface area contributed by atoms with E-state index < -0.39 is 29.1 Å². The largest absolute Gasteiger partial charge is 0.481 e. The van der Waals surface area contributed by atoms with Crippen LogP contribution in [0.3, 0.4) is 0 Å². The fourth-order valence-corrected chi connectivity index (χ4v) is 4.74. The van der Waals surface area contributed by atoms with Gasteiger partial charge in [0.15, 0.2) is 0 Å². The van der Waals surface area contributed by atoms with Gasteiger partial charge >= 0.3 is 11.7 Å². The molecule has 202 valence electrons. The third kappa shape index (κ3) is 6.71. The summed E-state index contributed by atoms with van der Waals surface area (Å²) in [5.41, 5.74) is 1.42. The van der Waals surface area contributed by atoms with Gasteiger partial charge in [-0.05, 0) is 43.1 Å². The maximum atomic E-state index is 14.7. The van der Waals surface area contributed by atoms with E-state index in [0.717, 1.165) is 10.1 Å². The molecule has 9 heteroatoms. The van der Waals surface area contributed by atoms with Gasteiger partial charge in [-0.2, -0.15) is 0 Å². The molecule has 0 aliphatic heterocycles. The van der Waals surface area contributed by atoms with Crippen molar-refractivity contribution in [3.05, 3.63) is 127 Å². The van der Waals surface area contributed by atoms with E-state index >= 15 is 0 Å². The lowest BCUT2D eigenvalue weighted by Gasteiger charge is -2.22. The van der Waals surface area contributed by atoms with Crippen LogP contribution in [0.2, 0.25) is 5.02 Å². The second-order valence-corrected chi connectivity index (χ2v) is 9.71. The summed E-state index contributed by atoms with van der Waals surface area (Å²) in [6, 6.07) is 20.4. The highest BCUT2D eigenvalue weighted by Gasteiger charge is 2.20. The lowest BCUT2D eigenvalue weighted by atomic mass is 10.1. The van der Waals surface area contributed by atoms with Gasteiger partial charge in [0.05, 0.1) is 24.7 Å². The second-order valence-electron chi connectivity index (χ2n) is 9.30. The summed E-state index contributed by atoms with van der Waals surface area (Å²) in [5, 5.41) is 12.6. The minimum Gasteiger partial charge on any atom is -0.481 e. The predicted molar refractivity (Wildman–Crippen MR) is 150 cm³/mol. The molecular weight excluding hydrogens is 521 g/mol. The molecule has 0 amide bonds. The van der Waals surface area contributed by atoms with Gasteiger partial charge in [-0.15, -0.1) is 0 Å². The molecule has 3 aromatic carbocycles. The number of hydrogen-bond acceptors (Lipinski definition) is 4. The van der Waals surface area contributed by atoms with Crippen LogP contribution in [-0.4, -0.2) is 26.8 Å². The monoisotopic (exact) mass is 549 g/mol. The number of benzene rings is 3. The lowest BCUT2D eigenvalue weighted by molar-refractivity contribution is -0.137. The van der Waals surface area contributed by atoms with Crippen molar-refractivity contribution in [2.45, 2.75) is 38.9 Å². The minimum atomic E-state index is -0.900. The van der Waals surface area contributed by atoms with Crippen LogP contribution < -0.4 is 16.6 Å². The Morgan fingerprint density at radius 1 is 1.00 bits per heavy atom. The van der Waals surface area contributed by atoms with E-state index in [1.807, 2.05) is 30.3 Å². The summed E-state index contributed by atoms with van der Waals surface area (Å²) in [6.45, 7) is 2.04. The smallest absolute Gasteiger partial charge is 0.331 e. The van der Waals surface area contributed by atoms with Gasteiger partial charge in [0.25, 0.3) is 5.56 Å². The summed E-state index contributed by atoms with van der Waals surface area (Å²) < 4.78 is 17.2. The van der Waals surface area contributed by atoms with E-state index in [1.54, 1.807) is 43.3 Å². The Morgan fingerprint density at radius 2 is 1.72 bits per heavy atom. The number of carboxylic acid groups (broad SMARTS) is 1. The molecule has 0 spiro atoms. The number of halogens is 2. The molecule has 0 saturated heterocycles. The first kappa shape index (κ1) is 28.0. The summed E-state index contributed by atoms with van der Waals surface area (Å²) in [4.78, 5) is 38.5. The van der Waals surface area contributed by atoms with Crippen molar-refractivity contribution in [2.75, 3.05) is 6.54 Å². The van der Waals surface area contributed by atoms with Crippen LogP contribution in [0.4, 0.5) is 4.39 Å². The Morgan fingerprint density at radius 3 is 2.41 bits per heavy atom. The Bertz CT molecular complexity index is 1560. The SMILES string of the molecule is Cc1cccc(F)c1Cn1cc(-c2ccccc2Cl)c(=O)n(CC(NCCCC(=O)O)c2ccccc2)c1=O. The summed E-state index contributed by atoms with van der Waals surface area (Å²) in [7, 11) is 0. The number of rotatable bonds is 11. The maximum absolute atomic E-state index is 14.7. The normalized spacial score (nSPS) is 11.9. The molecule has 4 rings (SSSR count). The zero-order valence-electron chi connectivity index (χ0n) is 21.4. The quantitative estimate of drug-likeness (QED) is 0.256. The first-order valence-corrected chi connectivity index (χ1v) is 13.0. The highest BCUT2D eigenvalue weighted by molar-refractivity contribution is 6.33. The third-order valence-electron chi connectivity index (χ3n) is 6.61. The second kappa shape index (κ2) is 12.7. The van der Waals surface area contributed by atoms with Crippen molar-refractivity contribution in [1.29, 1.82) is 0 Å². The van der Waals surface area contributed by atoms with Crippen LogP contribution >= 0.6 is 11.6 Å². The van der Waals surface area contributed by atoms with E-state index in [2.05, 4.69) is 5.32 Å². The van der Waals surface area contributed by atoms with Crippen LogP contribution in [0.1, 0.15) is 35.6 Å². The first-order valence-electron chi connectivity index (χ1n) is 12.6. The highest BCUT2D eigenvalue weighted by Crippen LogP contribution is 2.25. The number of nitrogens with zero attached hydrogens (tertiary/aromatic N) is 2. The average Bonchev–Trinajstić information content (AvgIpc) is 2.92. The van der Waals surface area contributed by atoms with Crippen molar-refractivity contribution in [3.63, 3.8) is 0 Å². The molecule has 1 atom stereocenters. The number of aromatic nitrogens is 2. The third-order valence-corrected chi connectivity index (χ3v) is 6.94. The van der Waals surface area contributed by atoms with Crippen LogP contribution in [0.25, 0.3) is 11.1 Å². The van der Waals surface area contributed by atoms with Crippen molar-refractivity contribution in [3.8, 4) is 11.1 Å². The predicted octanol–water partition coefficient (Wildman–Crippen LogP) is 5.02. The topological polar surface area (TPSA) is 93.3 Å². The first-order chi connectivity index (χ1) is 18.8.